The van der Waals surface area contributed by atoms with Crippen LogP contribution in [0.1, 0.15) is 21.5 Å². The number of anilines is 2. The summed E-state index contributed by atoms with van der Waals surface area (Å²) in [6.07, 6.45) is 0.903. The number of rotatable bonds is 2. The van der Waals surface area contributed by atoms with E-state index in [4.69, 9.17) is 23.1 Å². The highest BCUT2D eigenvalue weighted by atomic mass is 35.5. The molecule has 2 aromatic rings. The smallest absolute Gasteiger partial charge is 0.252 e. The van der Waals surface area contributed by atoms with Crippen LogP contribution in [0.25, 0.3) is 0 Å². The first-order chi connectivity index (χ1) is 10.1. The number of benzene rings is 2. The molecule has 2 aromatic carbocycles. The SMILES string of the molecule is NC(=O)c1c(Cl)cccc1N1CCc2ccc(N)cc2C1. The number of carbonyl (C=O) groups is 1. The standard InChI is InChI=1S/C16H16ClN3O/c17-13-2-1-3-14(15(13)16(19)21)20-7-6-10-4-5-12(18)8-11(10)9-20/h1-5,8H,6-7,9,18H2,(H2,19,21). The van der Waals surface area contributed by atoms with E-state index in [-0.39, 0.29) is 0 Å². The second-order valence-electron chi connectivity index (χ2n) is 5.20. The molecule has 0 fully saturated rings. The fraction of sp³-hybridized carbons (Fsp3) is 0.188. The first kappa shape index (κ1) is 13.8. The summed E-state index contributed by atoms with van der Waals surface area (Å²) in [5.41, 5.74) is 15.7. The molecule has 3 rings (SSSR count). The summed E-state index contributed by atoms with van der Waals surface area (Å²) in [7, 11) is 0. The maximum absolute atomic E-state index is 11.7. The van der Waals surface area contributed by atoms with Gasteiger partial charge in [-0.2, -0.15) is 0 Å². The highest BCUT2D eigenvalue weighted by molar-refractivity contribution is 6.34. The van der Waals surface area contributed by atoms with Crippen molar-refractivity contribution in [2.24, 2.45) is 5.73 Å². The van der Waals surface area contributed by atoms with Gasteiger partial charge in [0.2, 0.25) is 0 Å². The third-order valence-electron chi connectivity index (χ3n) is 3.82. The second-order valence-corrected chi connectivity index (χ2v) is 5.61. The number of nitrogens with two attached hydrogens (primary N) is 2. The van der Waals surface area contributed by atoms with Crippen LogP contribution in [0.4, 0.5) is 11.4 Å². The Hall–Kier alpha value is -2.20. The Morgan fingerprint density at radius 1 is 1.19 bits per heavy atom. The third kappa shape index (κ3) is 2.54. The minimum Gasteiger partial charge on any atom is -0.399 e. The van der Waals surface area contributed by atoms with Gasteiger partial charge in [-0.3, -0.25) is 4.79 Å². The van der Waals surface area contributed by atoms with E-state index in [0.29, 0.717) is 17.1 Å². The van der Waals surface area contributed by atoms with Crippen molar-refractivity contribution >= 4 is 28.9 Å². The zero-order valence-electron chi connectivity index (χ0n) is 11.5. The van der Waals surface area contributed by atoms with Gasteiger partial charge in [-0.05, 0) is 41.8 Å². The topological polar surface area (TPSA) is 72.4 Å². The lowest BCUT2D eigenvalue weighted by Gasteiger charge is -2.32. The van der Waals surface area contributed by atoms with Crippen LogP contribution in [-0.4, -0.2) is 12.5 Å². The number of amides is 1. The van der Waals surface area contributed by atoms with E-state index >= 15 is 0 Å². The lowest BCUT2D eigenvalue weighted by atomic mass is 9.98. The predicted octanol–water partition coefficient (Wildman–Crippen LogP) is 2.58. The molecule has 1 heterocycles. The summed E-state index contributed by atoms with van der Waals surface area (Å²) in [5.74, 6) is -0.506. The molecule has 4 N–H and O–H groups in total. The molecule has 0 bridgehead atoms. The lowest BCUT2D eigenvalue weighted by Crippen LogP contribution is -2.32. The van der Waals surface area contributed by atoms with Gasteiger partial charge in [0.1, 0.15) is 0 Å². The van der Waals surface area contributed by atoms with Crippen molar-refractivity contribution in [3.8, 4) is 0 Å². The summed E-state index contributed by atoms with van der Waals surface area (Å²) < 4.78 is 0. The number of nitrogen functional groups attached to an aromatic ring is 1. The number of hydrogen-bond acceptors (Lipinski definition) is 3. The summed E-state index contributed by atoms with van der Waals surface area (Å²) in [4.78, 5) is 13.8. The van der Waals surface area contributed by atoms with Crippen LogP contribution in [0.15, 0.2) is 36.4 Å². The van der Waals surface area contributed by atoms with Crippen molar-refractivity contribution in [2.75, 3.05) is 17.2 Å². The van der Waals surface area contributed by atoms with Crippen LogP contribution in [0.2, 0.25) is 5.02 Å². The van der Waals surface area contributed by atoms with Gasteiger partial charge in [-0.25, -0.2) is 0 Å². The Morgan fingerprint density at radius 2 is 2.00 bits per heavy atom. The third-order valence-corrected chi connectivity index (χ3v) is 4.14. The first-order valence-electron chi connectivity index (χ1n) is 6.77. The van der Waals surface area contributed by atoms with E-state index in [0.717, 1.165) is 24.3 Å². The predicted molar refractivity (Wildman–Crippen MR) is 85.6 cm³/mol. The summed E-state index contributed by atoms with van der Waals surface area (Å²) in [5, 5.41) is 0.387. The molecule has 21 heavy (non-hydrogen) atoms. The second kappa shape index (κ2) is 5.30. The van der Waals surface area contributed by atoms with Gasteiger partial charge < -0.3 is 16.4 Å². The quantitative estimate of drug-likeness (QED) is 0.837. The normalized spacial score (nSPS) is 13.9. The Labute approximate surface area is 128 Å². The van der Waals surface area contributed by atoms with Crippen molar-refractivity contribution in [2.45, 2.75) is 13.0 Å². The number of hydrogen-bond donors (Lipinski definition) is 2. The highest BCUT2D eigenvalue weighted by Crippen LogP contribution is 2.31. The molecule has 0 radical (unpaired) electrons. The van der Waals surface area contributed by atoms with Crippen molar-refractivity contribution < 1.29 is 4.79 Å². The van der Waals surface area contributed by atoms with Gasteiger partial charge in [0.15, 0.2) is 0 Å². The maximum atomic E-state index is 11.7. The molecular weight excluding hydrogens is 286 g/mol. The fourth-order valence-electron chi connectivity index (χ4n) is 2.80. The minimum atomic E-state index is -0.506. The summed E-state index contributed by atoms with van der Waals surface area (Å²) in [6, 6.07) is 11.4. The van der Waals surface area contributed by atoms with E-state index in [2.05, 4.69) is 11.0 Å². The largest absolute Gasteiger partial charge is 0.399 e. The number of fused-ring (bicyclic) bond motifs is 1. The maximum Gasteiger partial charge on any atom is 0.252 e. The Balaban J connectivity index is 2.00. The monoisotopic (exact) mass is 301 g/mol. The van der Waals surface area contributed by atoms with Gasteiger partial charge in [0, 0.05) is 18.8 Å². The van der Waals surface area contributed by atoms with Crippen molar-refractivity contribution in [1.82, 2.24) is 0 Å². The molecule has 0 unspecified atom stereocenters. The van der Waals surface area contributed by atoms with Crippen LogP contribution in [0.3, 0.4) is 0 Å². The van der Waals surface area contributed by atoms with Gasteiger partial charge >= 0.3 is 0 Å². The first-order valence-corrected chi connectivity index (χ1v) is 7.14. The minimum absolute atomic E-state index is 0.381. The van der Waals surface area contributed by atoms with E-state index in [1.807, 2.05) is 24.3 Å². The molecular formula is C16H16ClN3O. The van der Waals surface area contributed by atoms with Gasteiger partial charge in [0.25, 0.3) is 5.91 Å². The number of halogens is 1. The molecule has 1 aliphatic heterocycles. The molecule has 0 atom stereocenters. The molecule has 108 valence electrons. The molecule has 0 aromatic heterocycles. The van der Waals surface area contributed by atoms with Gasteiger partial charge in [-0.15, -0.1) is 0 Å². The summed E-state index contributed by atoms with van der Waals surface area (Å²) >= 11 is 6.12. The van der Waals surface area contributed by atoms with Crippen LogP contribution in [0.5, 0.6) is 0 Å². The average Bonchev–Trinajstić information content (AvgIpc) is 2.45. The Morgan fingerprint density at radius 3 is 2.76 bits per heavy atom. The van der Waals surface area contributed by atoms with Crippen molar-refractivity contribution in [1.29, 1.82) is 0 Å². The van der Waals surface area contributed by atoms with Crippen LogP contribution < -0.4 is 16.4 Å². The zero-order valence-corrected chi connectivity index (χ0v) is 12.2. The fourth-order valence-corrected chi connectivity index (χ4v) is 3.07. The molecule has 0 saturated heterocycles. The van der Waals surface area contributed by atoms with Crippen LogP contribution >= 0.6 is 11.6 Å². The molecule has 0 saturated carbocycles. The molecule has 0 aliphatic carbocycles. The molecule has 1 aliphatic rings. The summed E-state index contributed by atoms with van der Waals surface area (Å²) in [6.45, 7) is 1.51. The Kier molecular flexibility index (Phi) is 3.47. The van der Waals surface area contributed by atoms with Crippen molar-refractivity contribution in [3.63, 3.8) is 0 Å². The molecule has 0 spiro atoms. The zero-order chi connectivity index (χ0) is 15.0. The van der Waals surface area contributed by atoms with Crippen LogP contribution in [-0.2, 0) is 13.0 Å². The van der Waals surface area contributed by atoms with Crippen LogP contribution in [0, 0.1) is 0 Å². The van der Waals surface area contributed by atoms with Gasteiger partial charge in [-0.1, -0.05) is 23.7 Å². The molecule has 5 heteroatoms. The van der Waals surface area contributed by atoms with Crippen molar-refractivity contribution in [3.05, 3.63) is 58.1 Å². The molecule has 4 nitrogen and oxygen atoms in total. The lowest BCUT2D eigenvalue weighted by molar-refractivity contribution is 0.100. The van der Waals surface area contributed by atoms with E-state index in [1.165, 1.54) is 11.1 Å². The van der Waals surface area contributed by atoms with E-state index in [9.17, 15) is 4.79 Å². The number of carbonyl (C=O) groups excluding carboxylic acids is 1. The van der Waals surface area contributed by atoms with E-state index in [1.54, 1.807) is 6.07 Å². The number of nitrogens with zero attached hydrogens (tertiary/aromatic N) is 1. The molecule has 1 amide bonds. The number of primary amides is 1. The average molecular weight is 302 g/mol. The highest BCUT2D eigenvalue weighted by Gasteiger charge is 2.22. The van der Waals surface area contributed by atoms with Gasteiger partial charge in [0.05, 0.1) is 16.3 Å². The Bertz CT molecular complexity index is 715. The van der Waals surface area contributed by atoms with E-state index < -0.39 is 5.91 Å².